The van der Waals surface area contributed by atoms with Crippen LogP contribution in [0.15, 0.2) is 66.7 Å². The van der Waals surface area contributed by atoms with Crippen LogP contribution in [0.3, 0.4) is 0 Å². The first-order valence-corrected chi connectivity index (χ1v) is 11.0. The lowest BCUT2D eigenvalue weighted by Crippen LogP contribution is -2.46. The predicted octanol–water partition coefficient (Wildman–Crippen LogP) is 3.90. The van der Waals surface area contributed by atoms with Gasteiger partial charge in [0.15, 0.2) is 0 Å². The lowest BCUT2D eigenvalue weighted by atomic mass is 9.81. The molecule has 2 aliphatic rings. The number of fused-ring (bicyclic) bond motifs is 1. The molecule has 4 heteroatoms. The molecule has 0 saturated carbocycles. The minimum absolute atomic E-state index is 0.0168. The van der Waals surface area contributed by atoms with Crippen LogP contribution in [0.25, 0.3) is 0 Å². The van der Waals surface area contributed by atoms with Gasteiger partial charge in [0.25, 0.3) is 0 Å². The summed E-state index contributed by atoms with van der Waals surface area (Å²) in [5, 5.41) is 3.08. The van der Waals surface area contributed by atoms with E-state index in [0.717, 1.165) is 25.8 Å². The largest absolute Gasteiger partial charge is 0.356 e. The smallest absolute Gasteiger partial charge is 0.227 e. The van der Waals surface area contributed by atoms with E-state index >= 15 is 0 Å². The highest BCUT2D eigenvalue weighted by Crippen LogP contribution is 2.30. The summed E-state index contributed by atoms with van der Waals surface area (Å²) in [4.78, 5) is 28.1. The van der Waals surface area contributed by atoms with Crippen LogP contribution in [0.4, 0.5) is 0 Å². The van der Waals surface area contributed by atoms with Crippen LogP contribution in [-0.2, 0) is 29.0 Å². The van der Waals surface area contributed by atoms with E-state index in [-0.39, 0.29) is 23.7 Å². The van der Waals surface area contributed by atoms with Gasteiger partial charge in [0.2, 0.25) is 11.8 Å². The number of amides is 2. The molecule has 2 amide bonds. The number of benzene rings is 2. The van der Waals surface area contributed by atoms with Crippen LogP contribution >= 0.6 is 0 Å². The summed E-state index contributed by atoms with van der Waals surface area (Å²) in [6.45, 7) is 2.04. The molecular weight excluding hydrogens is 372 g/mol. The minimum atomic E-state index is -0.267. The second-order valence-electron chi connectivity index (χ2n) is 8.31. The highest BCUT2D eigenvalue weighted by molar-refractivity contribution is 5.88. The number of carbonyl (C=O) groups is 2. The Morgan fingerprint density at radius 2 is 1.60 bits per heavy atom. The third-order valence-electron chi connectivity index (χ3n) is 6.31. The van der Waals surface area contributed by atoms with Crippen molar-refractivity contribution in [3.63, 3.8) is 0 Å². The molecule has 2 unspecified atom stereocenters. The van der Waals surface area contributed by atoms with Crippen molar-refractivity contribution in [1.29, 1.82) is 0 Å². The van der Waals surface area contributed by atoms with Crippen molar-refractivity contribution in [3.8, 4) is 0 Å². The number of hydrogen-bond acceptors (Lipinski definition) is 2. The van der Waals surface area contributed by atoms with Gasteiger partial charge in [-0.1, -0.05) is 66.7 Å². The van der Waals surface area contributed by atoms with Crippen molar-refractivity contribution in [2.24, 2.45) is 11.8 Å². The molecule has 1 N–H and O–H groups in total. The second-order valence-corrected chi connectivity index (χ2v) is 8.31. The lowest BCUT2D eigenvalue weighted by Gasteiger charge is -2.35. The fourth-order valence-corrected chi connectivity index (χ4v) is 4.58. The summed E-state index contributed by atoms with van der Waals surface area (Å²) >= 11 is 0. The molecule has 156 valence electrons. The Labute approximate surface area is 179 Å². The monoisotopic (exact) mass is 402 g/mol. The predicted molar refractivity (Wildman–Crippen MR) is 119 cm³/mol. The summed E-state index contributed by atoms with van der Waals surface area (Å²) in [5.41, 5.74) is 3.84. The van der Waals surface area contributed by atoms with Gasteiger partial charge in [0.05, 0.1) is 11.8 Å². The molecule has 1 aliphatic heterocycles. The molecule has 0 saturated heterocycles. The third kappa shape index (κ3) is 4.81. The molecule has 30 heavy (non-hydrogen) atoms. The number of hydrogen-bond donors (Lipinski definition) is 1. The maximum Gasteiger partial charge on any atom is 0.227 e. The Morgan fingerprint density at radius 3 is 2.40 bits per heavy atom. The fourth-order valence-electron chi connectivity index (χ4n) is 4.58. The van der Waals surface area contributed by atoms with E-state index in [2.05, 4.69) is 41.7 Å². The highest BCUT2D eigenvalue weighted by Gasteiger charge is 2.37. The molecule has 2 atom stereocenters. The standard InChI is InChI=1S/C26H30N2O2/c29-25(27-17-8-11-20-9-2-1-3-10-20)23-14-6-7-15-24(23)26(30)28-18-16-21-12-4-5-13-22(21)19-28/h1-7,9-10,12-13,23-24H,8,11,14-19H2,(H,27,29). The van der Waals surface area contributed by atoms with Crippen molar-refractivity contribution in [2.45, 2.75) is 38.6 Å². The van der Waals surface area contributed by atoms with E-state index in [4.69, 9.17) is 0 Å². The number of carbonyl (C=O) groups excluding carboxylic acids is 2. The lowest BCUT2D eigenvalue weighted by molar-refractivity contribution is -0.142. The van der Waals surface area contributed by atoms with Gasteiger partial charge >= 0.3 is 0 Å². The number of nitrogens with zero attached hydrogens (tertiary/aromatic N) is 1. The molecular formula is C26H30N2O2. The molecule has 0 spiro atoms. The maximum atomic E-state index is 13.3. The van der Waals surface area contributed by atoms with Crippen molar-refractivity contribution in [3.05, 3.63) is 83.4 Å². The Kier molecular flexibility index (Phi) is 6.63. The highest BCUT2D eigenvalue weighted by atomic mass is 16.2. The first-order valence-electron chi connectivity index (χ1n) is 11.0. The van der Waals surface area contributed by atoms with Crippen LogP contribution in [0.1, 0.15) is 36.0 Å². The van der Waals surface area contributed by atoms with Gasteiger partial charge in [-0.2, -0.15) is 0 Å². The summed E-state index contributed by atoms with van der Waals surface area (Å²) in [6, 6.07) is 18.6. The summed E-state index contributed by atoms with van der Waals surface area (Å²) in [6.07, 6.45) is 8.13. The normalized spacial score (nSPS) is 20.5. The molecule has 1 heterocycles. The van der Waals surface area contributed by atoms with Crippen LogP contribution in [-0.4, -0.2) is 29.8 Å². The Bertz CT molecular complexity index is 906. The van der Waals surface area contributed by atoms with Gasteiger partial charge in [-0.05, 0) is 48.8 Å². The SMILES string of the molecule is O=C(NCCCc1ccccc1)C1CC=CCC1C(=O)N1CCc2ccccc2C1. The molecule has 0 bridgehead atoms. The van der Waals surface area contributed by atoms with Crippen molar-refractivity contribution in [2.75, 3.05) is 13.1 Å². The maximum absolute atomic E-state index is 13.3. The number of nitrogens with one attached hydrogen (secondary N) is 1. The molecule has 2 aromatic rings. The minimum Gasteiger partial charge on any atom is -0.356 e. The van der Waals surface area contributed by atoms with Crippen molar-refractivity contribution < 1.29 is 9.59 Å². The van der Waals surface area contributed by atoms with Crippen molar-refractivity contribution >= 4 is 11.8 Å². The number of rotatable bonds is 6. The van der Waals surface area contributed by atoms with E-state index < -0.39 is 0 Å². The van der Waals surface area contributed by atoms with Crippen LogP contribution in [0, 0.1) is 11.8 Å². The molecule has 0 fully saturated rings. The van der Waals surface area contributed by atoms with E-state index in [1.165, 1.54) is 16.7 Å². The number of allylic oxidation sites excluding steroid dienone is 2. The first-order chi connectivity index (χ1) is 14.7. The summed E-state index contributed by atoms with van der Waals surface area (Å²) in [5.74, 6) is -0.382. The molecule has 1 aliphatic carbocycles. The van der Waals surface area contributed by atoms with Crippen LogP contribution in [0.5, 0.6) is 0 Å². The van der Waals surface area contributed by atoms with Crippen LogP contribution < -0.4 is 5.32 Å². The Morgan fingerprint density at radius 1 is 0.900 bits per heavy atom. The van der Waals surface area contributed by atoms with E-state index in [1.807, 2.05) is 35.2 Å². The van der Waals surface area contributed by atoms with Gasteiger partial charge in [-0.3, -0.25) is 9.59 Å². The average molecular weight is 403 g/mol. The average Bonchev–Trinajstić information content (AvgIpc) is 2.81. The Balaban J connectivity index is 1.33. The quantitative estimate of drug-likeness (QED) is 0.588. The van der Waals surface area contributed by atoms with Gasteiger partial charge in [-0.15, -0.1) is 0 Å². The zero-order valence-corrected chi connectivity index (χ0v) is 17.4. The van der Waals surface area contributed by atoms with E-state index in [0.29, 0.717) is 25.9 Å². The van der Waals surface area contributed by atoms with Gasteiger partial charge in [0, 0.05) is 19.6 Å². The topological polar surface area (TPSA) is 49.4 Å². The molecule has 2 aromatic carbocycles. The second kappa shape index (κ2) is 9.75. The first kappa shape index (κ1) is 20.4. The Hall–Kier alpha value is -2.88. The molecule has 4 nitrogen and oxygen atoms in total. The van der Waals surface area contributed by atoms with E-state index in [1.54, 1.807) is 0 Å². The fraction of sp³-hybridized carbons (Fsp3) is 0.385. The van der Waals surface area contributed by atoms with E-state index in [9.17, 15) is 9.59 Å². The zero-order chi connectivity index (χ0) is 20.8. The van der Waals surface area contributed by atoms with Crippen molar-refractivity contribution in [1.82, 2.24) is 10.2 Å². The molecule has 0 radical (unpaired) electrons. The number of aryl methyl sites for hydroxylation is 1. The molecule has 4 rings (SSSR count). The summed E-state index contributed by atoms with van der Waals surface area (Å²) < 4.78 is 0. The van der Waals surface area contributed by atoms with Gasteiger partial charge in [-0.25, -0.2) is 0 Å². The summed E-state index contributed by atoms with van der Waals surface area (Å²) in [7, 11) is 0. The van der Waals surface area contributed by atoms with Gasteiger partial charge in [0.1, 0.15) is 0 Å². The molecule has 0 aromatic heterocycles. The van der Waals surface area contributed by atoms with Crippen LogP contribution in [0.2, 0.25) is 0 Å². The van der Waals surface area contributed by atoms with Gasteiger partial charge < -0.3 is 10.2 Å². The zero-order valence-electron chi connectivity index (χ0n) is 17.4. The third-order valence-corrected chi connectivity index (χ3v) is 6.31.